The molecule has 1 aromatic heterocycles. The normalized spacial score (nSPS) is 11.1. The molecule has 1 aromatic carbocycles. The molecule has 0 N–H and O–H groups in total. The average molecular weight is 228 g/mol. The van der Waals surface area contributed by atoms with E-state index in [1.807, 2.05) is 6.92 Å². The minimum absolute atomic E-state index is 0.595. The van der Waals surface area contributed by atoms with E-state index < -0.39 is 0 Å². The molecule has 0 saturated heterocycles. The van der Waals surface area contributed by atoms with Crippen molar-refractivity contribution in [1.29, 1.82) is 0 Å². The predicted molar refractivity (Wildman–Crippen MR) is 71.3 cm³/mol. The van der Waals surface area contributed by atoms with Crippen molar-refractivity contribution in [2.75, 3.05) is 0 Å². The minimum atomic E-state index is 0.595. The number of hydrogen-bond donors (Lipinski definition) is 0. The number of nitrogens with zero attached hydrogens (tertiary/aromatic N) is 2. The molecular weight excluding hydrogens is 208 g/mol. The first-order valence-corrected chi connectivity index (χ1v) is 6.16. The van der Waals surface area contributed by atoms with E-state index in [2.05, 4.69) is 60.9 Å². The van der Waals surface area contributed by atoms with E-state index in [0.717, 1.165) is 12.2 Å². The van der Waals surface area contributed by atoms with Crippen LogP contribution in [0, 0.1) is 13.8 Å². The first-order chi connectivity index (χ1) is 8.06. The highest BCUT2D eigenvalue weighted by Crippen LogP contribution is 2.15. The Morgan fingerprint density at radius 3 is 2.24 bits per heavy atom. The zero-order valence-corrected chi connectivity index (χ0v) is 11.1. The zero-order valence-electron chi connectivity index (χ0n) is 11.1. The van der Waals surface area contributed by atoms with Gasteiger partial charge in [0.05, 0.1) is 12.2 Å². The Kier molecular flexibility index (Phi) is 3.32. The van der Waals surface area contributed by atoms with Crippen molar-refractivity contribution in [3.05, 3.63) is 52.8 Å². The summed E-state index contributed by atoms with van der Waals surface area (Å²) in [6.07, 6.45) is 0. The maximum Gasteiger partial charge on any atom is 0.0662 e. The summed E-state index contributed by atoms with van der Waals surface area (Å²) in [4.78, 5) is 0. The third-order valence-electron chi connectivity index (χ3n) is 3.08. The number of aryl methyl sites for hydroxylation is 2. The van der Waals surface area contributed by atoms with Gasteiger partial charge in [0.1, 0.15) is 0 Å². The third kappa shape index (κ3) is 2.76. The van der Waals surface area contributed by atoms with Crippen LogP contribution < -0.4 is 0 Å². The van der Waals surface area contributed by atoms with Gasteiger partial charge in [-0.05, 0) is 37.0 Å². The largest absolute Gasteiger partial charge is 0.265 e. The molecule has 0 atom stereocenters. The van der Waals surface area contributed by atoms with Gasteiger partial charge in [-0.1, -0.05) is 38.1 Å². The van der Waals surface area contributed by atoms with E-state index in [0.29, 0.717) is 5.92 Å². The average Bonchev–Trinajstić information content (AvgIpc) is 2.58. The van der Waals surface area contributed by atoms with Gasteiger partial charge in [0, 0.05) is 5.69 Å². The molecule has 0 bridgehead atoms. The van der Waals surface area contributed by atoms with Gasteiger partial charge in [-0.15, -0.1) is 0 Å². The SMILES string of the molecule is Cc1cc(C)n(Cc2ccc(C(C)C)cc2)n1. The molecule has 2 nitrogen and oxygen atoms in total. The summed E-state index contributed by atoms with van der Waals surface area (Å²) < 4.78 is 2.06. The topological polar surface area (TPSA) is 17.8 Å². The summed E-state index contributed by atoms with van der Waals surface area (Å²) in [7, 11) is 0. The summed E-state index contributed by atoms with van der Waals surface area (Å²) in [5.74, 6) is 0.595. The maximum absolute atomic E-state index is 4.48. The molecule has 0 unspecified atom stereocenters. The number of aromatic nitrogens is 2. The second kappa shape index (κ2) is 4.74. The molecule has 0 amide bonds. The number of rotatable bonds is 3. The van der Waals surface area contributed by atoms with Crippen molar-refractivity contribution in [3.63, 3.8) is 0 Å². The van der Waals surface area contributed by atoms with Crippen molar-refractivity contribution >= 4 is 0 Å². The summed E-state index contributed by atoms with van der Waals surface area (Å²) in [6.45, 7) is 9.43. The van der Waals surface area contributed by atoms with Crippen molar-refractivity contribution < 1.29 is 0 Å². The number of hydrogen-bond acceptors (Lipinski definition) is 1. The molecule has 90 valence electrons. The second-order valence-corrected chi connectivity index (χ2v) is 4.98. The van der Waals surface area contributed by atoms with Crippen LogP contribution in [0.3, 0.4) is 0 Å². The van der Waals surface area contributed by atoms with Gasteiger partial charge in [-0.25, -0.2) is 0 Å². The van der Waals surface area contributed by atoms with Crippen LogP contribution in [-0.4, -0.2) is 9.78 Å². The Morgan fingerprint density at radius 1 is 1.12 bits per heavy atom. The smallest absolute Gasteiger partial charge is 0.0662 e. The molecule has 0 radical (unpaired) electrons. The Morgan fingerprint density at radius 2 is 1.76 bits per heavy atom. The molecule has 0 aliphatic carbocycles. The molecule has 17 heavy (non-hydrogen) atoms. The quantitative estimate of drug-likeness (QED) is 0.783. The fourth-order valence-electron chi connectivity index (χ4n) is 2.02. The highest BCUT2D eigenvalue weighted by atomic mass is 15.3. The van der Waals surface area contributed by atoms with Crippen LogP contribution in [0.1, 0.15) is 42.3 Å². The van der Waals surface area contributed by atoms with E-state index in [9.17, 15) is 0 Å². The molecule has 0 fully saturated rings. The molecule has 2 rings (SSSR count). The van der Waals surface area contributed by atoms with Crippen LogP contribution in [0.2, 0.25) is 0 Å². The summed E-state index contributed by atoms with van der Waals surface area (Å²) >= 11 is 0. The minimum Gasteiger partial charge on any atom is -0.265 e. The van der Waals surface area contributed by atoms with Gasteiger partial charge >= 0.3 is 0 Å². The van der Waals surface area contributed by atoms with E-state index in [-0.39, 0.29) is 0 Å². The molecule has 0 aliphatic heterocycles. The molecule has 1 heterocycles. The Bertz CT molecular complexity index is 492. The molecular formula is C15H20N2. The Labute approximate surface area is 103 Å². The standard InChI is InChI=1S/C15H20N2/c1-11(2)15-7-5-14(6-8-15)10-17-13(4)9-12(3)16-17/h5-9,11H,10H2,1-4H3. The maximum atomic E-state index is 4.48. The van der Waals surface area contributed by atoms with Gasteiger partial charge in [-0.2, -0.15) is 5.10 Å². The van der Waals surface area contributed by atoms with Crippen molar-refractivity contribution in [3.8, 4) is 0 Å². The molecule has 2 heteroatoms. The fraction of sp³-hybridized carbons (Fsp3) is 0.400. The second-order valence-electron chi connectivity index (χ2n) is 4.98. The summed E-state index contributed by atoms with van der Waals surface area (Å²) in [5, 5.41) is 4.48. The zero-order chi connectivity index (χ0) is 12.4. The van der Waals surface area contributed by atoms with Gasteiger partial charge in [0.2, 0.25) is 0 Å². The van der Waals surface area contributed by atoms with Crippen LogP contribution in [0.4, 0.5) is 0 Å². The summed E-state index contributed by atoms with van der Waals surface area (Å²) in [5.41, 5.74) is 5.00. The van der Waals surface area contributed by atoms with Crippen molar-refractivity contribution in [1.82, 2.24) is 9.78 Å². The van der Waals surface area contributed by atoms with E-state index >= 15 is 0 Å². The predicted octanol–water partition coefficient (Wildman–Crippen LogP) is 3.67. The highest BCUT2D eigenvalue weighted by Gasteiger charge is 2.03. The molecule has 2 aromatic rings. The lowest BCUT2D eigenvalue weighted by Crippen LogP contribution is -2.04. The lowest BCUT2D eigenvalue weighted by molar-refractivity contribution is 0.658. The number of benzene rings is 1. The Hall–Kier alpha value is -1.57. The van der Waals surface area contributed by atoms with E-state index in [1.165, 1.54) is 16.8 Å². The van der Waals surface area contributed by atoms with Gasteiger partial charge in [0.15, 0.2) is 0 Å². The first kappa shape index (κ1) is 11.9. The fourth-order valence-corrected chi connectivity index (χ4v) is 2.02. The van der Waals surface area contributed by atoms with Crippen LogP contribution in [-0.2, 0) is 6.54 Å². The monoisotopic (exact) mass is 228 g/mol. The summed E-state index contributed by atoms with van der Waals surface area (Å²) in [6, 6.07) is 10.9. The van der Waals surface area contributed by atoms with Crippen LogP contribution in [0.15, 0.2) is 30.3 Å². The van der Waals surface area contributed by atoms with Gasteiger partial charge in [0.25, 0.3) is 0 Å². The van der Waals surface area contributed by atoms with Crippen LogP contribution in [0.25, 0.3) is 0 Å². The highest BCUT2D eigenvalue weighted by molar-refractivity contribution is 5.25. The van der Waals surface area contributed by atoms with Crippen molar-refractivity contribution in [2.24, 2.45) is 0 Å². The molecule has 0 spiro atoms. The lowest BCUT2D eigenvalue weighted by Gasteiger charge is -2.08. The lowest BCUT2D eigenvalue weighted by atomic mass is 10.0. The molecule has 0 saturated carbocycles. The van der Waals surface area contributed by atoms with Crippen LogP contribution in [0.5, 0.6) is 0 Å². The van der Waals surface area contributed by atoms with Crippen LogP contribution >= 0.6 is 0 Å². The van der Waals surface area contributed by atoms with Gasteiger partial charge in [-0.3, -0.25) is 4.68 Å². The van der Waals surface area contributed by atoms with Gasteiger partial charge < -0.3 is 0 Å². The van der Waals surface area contributed by atoms with E-state index in [1.54, 1.807) is 0 Å². The molecule has 0 aliphatic rings. The van der Waals surface area contributed by atoms with Crippen molar-refractivity contribution in [2.45, 2.75) is 40.2 Å². The Balaban J connectivity index is 2.16. The first-order valence-electron chi connectivity index (χ1n) is 6.16. The van der Waals surface area contributed by atoms with E-state index in [4.69, 9.17) is 0 Å². The third-order valence-corrected chi connectivity index (χ3v) is 3.08.